The van der Waals surface area contributed by atoms with Crippen molar-refractivity contribution in [3.05, 3.63) is 16.0 Å². The maximum Gasteiger partial charge on any atom is 0.328 e. The molecule has 1 unspecified atom stereocenters. The van der Waals surface area contributed by atoms with Gasteiger partial charge in [0.05, 0.1) is 22.9 Å². The number of carbonyl (C=O) groups is 1. The lowest BCUT2D eigenvalue weighted by Gasteiger charge is -2.26. The fourth-order valence-corrected chi connectivity index (χ4v) is 2.36. The van der Waals surface area contributed by atoms with Crippen molar-refractivity contribution in [2.45, 2.75) is 31.8 Å². The molecule has 5 nitrogen and oxygen atoms in total. The number of nitrogens with zero attached hydrogens (tertiary/aromatic N) is 2. The molecule has 1 aliphatic carbocycles. The van der Waals surface area contributed by atoms with E-state index < -0.39 is 5.54 Å². The maximum atomic E-state index is 12.0. The first-order chi connectivity index (χ1) is 8.06. The SMILES string of the molecule is CCOC(=O)C(N)(Cn1cc(I)cn1)C1CC1. The van der Waals surface area contributed by atoms with E-state index in [1.165, 1.54) is 0 Å². The van der Waals surface area contributed by atoms with Gasteiger partial charge in [-0.15, -0.1) is 0 Å². The first-order valence-electron chi connectivity index (χ1n) is 5.70. The van der Waals surface area contributed by atoms with Crippen molar-refractivity contribution in [1.82, 2.24) is 9.78 Å². The average molecular weight is 349 g/mol. The third-order valence-electron chi connectivity index (χ3n) is 2.99. The number of ether oxygens (including phenoxy) is 1. The van der Waals surface area contributed by atoms with E-state index in [9.17, 15) is 4.79 Å². The minimum atomic E-state index is -0.925. The maximum absolute atomic E-state index is 12.0. The summed E-state index contributed by atoms with van der Waals surface area (Å²) in [6.45, 7) is 2.54. The highest BCUT2D eigenvalue weighted by Gasteiger charge is 2.49. The number of carbonyl (C=O) groups excluding carboxylic acids is 1. The summed E-state index contributed by atoms with van der Waals surface area (Å²) in [6, 6.07) is 0. The normalized spacial score (nSPS) is 18.8. The first-order valence-corrected chi connectivity index (χ1v) is 6.78. The molecule has 0 bridgehead atoms. The molecule has 0 saturated heterocycles. The molecule has 94 valence electrons. The lowest BCUT2D eigenvalue weighted by atomic mass is 9.94. The number of halogens is 1. The topological polar surface area (TPSA) is 70.1 Å². The van der Waals surface area contributed by atoms with Crippen molar-refractivity contribution < 1.29 is 9.53 Å². The number of rotatable bonds is 5. The van der Waals surface area contributed by atoms with Crippen molar-refractivity contribution in [2.24, 2.45) is 11.7 Å². The Labute approximate surface area is 114 Å². The summed E-state index contributed by atoms with van der Waals surface area (Å²) in [4.78, 5) is 12.0. The van der Waals surface area contributed by atoms with Crippen LogP contribution in [0.1, 0.15) is 19.8 Å². The molecular weight excluding hydrogens is 333 g/mol. The van der Waals surface area contributed by atoms with Crippen LogP contribution in [-0.4, -0.2) is 27.9 Å². The number of hydrogen-bond donors (Lipinski definition) is 1. The minimum Gasteiger partial charge on any atom is -0.465 e. The highest BCUT2D eigenvalue weighted by atomic mass is 127. The number of nitrogens with two attached hydrogens (primary N) is 1. The zero-order valence-electron chi connectivity index (χ0n) is 9.73. The second-order valence-corrected chi connectivity index (χ2v) is 5.64. The predicted molar refractivity (Wildman–Crippen MR) is 71.2 cm³/mol. The Balaban J connectivity index is 2.13. The van der Waals surface area contributed by atoms with Gasteiger partial charge in [-0.2, -0.15) is 5.10 Å². The fourth-order valence-electron chi connectivity index (χ4n) is 1.92. The van der Waals surface area contributed by atoms with Gasteiger partial charge < -0.3 is 10.5 Å². The van der Waals surface area contributed by atoms with Crippen molar-refractivity contribution in [1.29, 1.82) is 0 Å². The Hall–Kier alpha value is -0.630. The van der Waals surface area contributed by atoms with E-state index in [1.54, 1.807) is 17.8 Å². The molecule has 1 atom stereocenters. The van der Waals surface area contributed by atoms with Crippen LogP contribution >= 0.6 is 22.6 Å². The van der Waals surface area contributed by atoms with Crippen LogP contribution in [0.25, 0.3) is 0 Å². The van der Waals surface area contributed by atoms with E-state index in [2.05, 4.69) is 27.7 Å². The monoisotopic (exact) mass is 349 g/mol. The van der Waals surface area contributed by atoms with Gasteiger partial charge in [-0.3, -0.25) is 4.68 Å². The zero-order chi connectivity index (χ0) is 12.5. The summed E-state index contributed by atoms with van der Waals surface area (Å²) in [7, 11) is 0. The molecule has 1 heterocycles. The van der Waals surface area contributed by atoms with Crippen LogP contribution in [0.2, 0.25) is 0 Å². The average Bonchev–Trinajstić information content (AvgIpc) is 3.05. The number of aromatic nitrogens is 2. The molecule has 1 fully saturated rings. The third kappa shape index (κ3) is 2.79. The van der Waals surface area contributed by atoms with Crippen LogP contribution in [0.15, 0.2) is 12.4 Å². The molecule has 0 amide bonds. The molecule has 1 aromatic heterocycles. The molecule has 17 heavy (non-hydrogen) atoms. The summed E-state index contributed by atoms with van der Waals surface area (Å²) in [5.41, 5.74) is 5.31. The van der Waals surface area contributed by atoms with E-state index in [4.69, 9.17) is 10.5 Å². The van der Waals surface area contributed by atoms with Crippen molar-refractivity contribution in [3.63, 3.8) is 0 Å². The molecule has 1 aromatic rings. The van der Waals surface area contributed by atoms with Crippen LogP contribution in [0.4, 0.5) is 0 Å². The second-order valence-electron chi connectivity index (χ2n) is 4.39. The number of hydrogen-bond acceptors (Lipinski definition) is 4. The van der Waals surface area contributed by atoms with E-state index >= 15 is 0 Å². The Morgan fingerprint density at radius 2 is 2.47 bits per heavy atom. The van der Waals surface area contributed by atoms with Crippen molar-refractivity contribution in [3.8, 4) is 0 Å². The van der Waals surface area contributed by atoms with E-state index in [-0.39, 0.29) is 11.9 Å². The van der Waals surface area contributed by atoms with Crippen molar-refractivity contribution >= 4 is 28.6 Å². The van der Waals surface area contributed by atoms with Gasteiger partial charge in [0, 0.05) is 6.20 Å². The van der Waals surface area contributed by atoms with Crippen LogP contribution in [0.5, 0.6) is 0 Å². The minimum absolute atomic E-state index is 0.225. The third-order valence-corrected chi connectivity index (χ3v) is 3.54. The lowest BCUT2D eigenvalue weighted by molar-refractivity contribution is -0.151. The van der Waals surface area contributed by atoms with Crippen LogP contribution in [0.3, 0.4) is 0 Å². The van der Waals surface area contributed by atoms with Crippen LogP contribution in [0, 0.1) is 9.49 Å². The Morgan fingerprint density at radius 3 is 2.94 bits per heavy atom. The molecular formula is C11H16IN3O2. The van der Waals surface area contributed by atoms with Gasteiger partial charge in [0.15, 0.2) is 0 Å². The van der Waals surface area contributed by atoms with E-state index in [0.717, 1.165) is 16.4 Å². The highest BCUT2D eigenvalue weighted by molar-refractivity contribution is 14.1. The summed E-state index contributed by atoms with van der Waals surface area (Å²) >= 11 is 2.18. The van der Waals surface area contributed by atoms with E-state index in [1.807, 2.05) is 6.20 Å². The Bertz CT molecular complexity index is 417. The molecule has 0 spiro atoms. The summed E-state index contributed by atoms with van der Waals surface area (Å²) in [5, 5.41) is 4.17. The molecule has 2 rings (SSSR count). The van der Waals surface area contributed by atoms with Gasteiger partial charge in [0.1, 0.15) is 5.54 Å². The zero-order valence-corrected chi connectivity index (χ0v) is 11.9. The van der Waals surface area contributed by atoms with Gasteiger partial charge in [0.2, 0.25) is 0 Å². The summed E-state index contributed by atoms with van der Waals surface area (Å²) in [6.07, 6.45) is 5.62. The fraction of sp³-hybridized carbons (Fsp3) is 0.636. The Morgan fingerprint density at radius 1 is 1.76 bits per heavy atom. The smallest absolute Gasteiger partial charge is 0.328 e. The molecule has 0 aliphatic heterocycles. The van der Waals surface area contributed by atoms with Gasteiger partial charge >= 0.3 is 5.97 Å². The highest BCUT2D eigenvalue weighted by Crippen LogP contribution is 2.39. The molecule has 2 N–H and O–H groups in total. The molecule has 6 heteroatoms. The molecule has 0 aromatic carbocycles. The second kappa shape index (κ2) is 4.93. The standard InChI is InChI=1S/C11H16IN3O2/c1-2-17-10(16)11(13,8-3-4-8)7-15-6-9(12)5-14-15/h5-6,8H,2-4,7,13H2,1H3. The van der Waals surface area contributed by atoms with Crippen LogP contribution in [-0.2, 0) is 16.1 Å². The van der Waals surface area contributed by atoms with Gasteiger partial charge in [-0.1, -0.05) is 0 Å². The number of esters is 1. The quantitative estimate of drug-likeness (QED) is 0.640. The molecule has 0 radical (unpaired) electrons. The van der Waals surface area contributed by atoms with E-state index in [0.29, 0.717) is 13.2 Å². The lowest BCUT2D eigenvalue weighted by Crippen LogP contribution is -2.54. The van der Waals surface area contributed by atoms with Gasteiger partial charge in [0.25, 0.3) is 0 Å². The first kappa shape index (κ1) is 12.8. The van der Waals surface area contributed by atoms with Crippen LogP contribution < -0.4 is 5.73 Å². The molecule has 1 saturated carbocycles. The van der Waals surface area contributed by atoms with Gasteiger partial charge in [-0.05, 0) is 48.3 Å². The van der Waals surface area contributed by atoms with Gasteiger partial charge in [-0.25, -0.2) is 4.79 Å². The predicted octanol–water partition coefficient (Wildman–Crippen LogP) is 1.16. The summed E-state index contributed by atoms with van der Waals surface area (Å²) < 4.78 is 7.83. The van der Waals surface area contributed by atoms with Crippen molar-refractivity contribution in [2.75, 3.05) is 6.61 Å². The molecule has 1 aliphatic rings. The largest absolute Gasteiger partial charge is 0.465 e. The summed E-state index contributed by atoms with van der Waals surface area (Å²) in [5.74, 6) is -0.0866. The Kier molecular flexibility index (Phi) is 3.72.